The standard InChI is InChI=1S/C33H41N3O5S/c1-3-31(33(38)34-27-15-9-5-10-16-27)35(24-23-26-13-7-4-8-14-26)32(37)25-36(28-17-11-6-12-18-28)42(39,40)30-21-19-29(41-2)20-22-30/h4,6-8,11-14,17-22,27,31H,3,5,9-10,15-16,23-25H2,1-2H3,(H,34,38)/t31-/m0/s1. The van der Waals surface area contributed by atoms with E-state index in [0.29, 0.717) is 24.3 Å². The molecule has 42 heavy (non-hydrogen) atoms. The van der Waals surface area contributed by atoms with Crippen LogP contribution in [0.2, 0.25) is 0 Å². The van der Waals surface area contributed by atoms with E-state index in [2.05, 4.69) is 5.32 Å². The topological polar surface area (TPSA) is 96.0 Å². The number of hydrogen-bond donors (Lipinski definition) is 1. The molecule has 0 aromatic heterocycles. The van der Waals surface area contributed by atoms with Gasteiger partial charge in [-0.15, -0.1) is 0 Å². The van der Waals surface area contributed by atoms with E-state index in [1.807, 2.05) is 37.3 Å². The zero-order chi connectivity index (χ0) is 30.0. The molecule has 1 atom stereocenters. The summed E-state index contributed by atoms with van der Waals surface area (Å²) in [5.41, 5.74) is 1.40. The minimum absolute atomic E-state index is 0.0397. The van der Waals surface area contributed by atoms with Crippen molar-refractivity contribution in [3.05, 3.63) is 90.5 Å². The van der Waals surface area contributed by atoms with Gasteiger partial charge >= 0.3 is 0 Å². The fourth-order valence-electron chi connectivity index (χ4n) is 5.44. The Balaban J connectivity index is 1.64. The Bertz CT molecular complexity index is 1390. The molecule has 0 spiro atoms. The number of para-hydroxylation sites is 1. The number of methoxy groups -OCH3 is 1. The summed E-state index contributed by atoms with van der Waals surface area (Å²) in [5.74, 6) is -0.0919. The lowest BCUT2D eigenvalue weighted by Gasteiger charge is -2.34. The lowest BCUT2D eigenvalue weighted by atomic mass is 9.95. The molecule has 0 unspecified atom stereocenters. The summed E-state index contributed by atoms with van der Waals surface area (Å²) in [5, 5.41) is 3.18. The van der Waals surface area contributed by atoms with E-state index in [1.165, 1.54) is 25.7 Å². The van der Waals surface area contributed by atoms with E-state index >= 15 is 0 Å². The first kappa shape index (κ1) is 31.1. The average molecular weight is 592 g/mol. The smallest absolute Gasteiger partial charge is 0.264 e. The molecule has 0 heterocycles. The van der Waals surface area contributed by atoms with Crippen LogP contribution in [0.5, 0.6) is 5.75 Å². The van der Waals surface area contributed by atoms with Crippen molar-refractivity contribution in [2.24, 2.45) is 0 Å². The van der Waals surface area contributed by atoms with Crippen molar-refractivity contribution in [2.75, 3.05) is 24.5 Å². The van der Waals surface area contributed by atoms with Gasteiger partial charge in [0.15, 0.2) is 0 Å². The lowest BCUT2D eigenvalue weighted by Crippen LogP contribution is -2.54. The van der Waals surface area contributed by atoms with Gasteiger partial charge in [0.1, 0.15) is 18.3 Å². The molecule has 0 bridgehead atoms. The maximum Gasteiger partial charge on any atom is 0.264 e. The van der Waals surface area contributed by atoms with Crippen LogP contribution >= 0.6 is 0 Å². The second kappa shape index (κ2) is 14.9. The van der Waals surface area contributed by atoms with Gasteiger partial charge in [-0.2, -0.15) is 0 Å². The van der Waals surface area contributed by atoms with Gasteiger partial charge in [0, 0.05) is 12.6 Å². The highest BCUT2D eigenvalue weighted by Gasteiger charge is 2.34. The van der Waals surface area contributed by atoms with Crippen molar-refractivity contribution < 1.29 is 22.7 Å². The number of benzene rings is 3. The number of amides is 2. The monoisotopic (exact) mass is 591 g/mol. The van der Waals surface area contributed by atoms with Crippen molar-refractivity contribution in [3.8, 4) is 5.75 Å². The first-order valence-corrected chi connectivity index (χ1v) is 16.1. The molecule has 1 fully saturated rings. The minimum atomic E-state index is -4.12. The van der Waals surface area contributed by atoms with E-state index in [9.17, 15) is 18.0 Å². The van der Waals surface area contributed by atoms with Crippen LogP contribution < -0.4 is 14.4 Å². The molecule has 1 saturated carbocycles. The molecule has 1 aliphatic carbocycles. The molecule has 4 rings (SSSR count). The summed E-state index contributed by atoms with van der Waals surface area (Å²) in [6, 6.07) is 23.8. The van der Waals surface area contributed by atoms with Crippen LogP contribution in [0.15, 0.2) is 89.8 Å². The normalized spacial score (nSPS) is 14.5. The van der Waals surface area contributed by atoms with Crippen LogP contribution in [0.4, 0.5) is 5.69 Å². The summed E-state index contributed by atoms with van der Waals surface area (Å²) in [7, 11) is -2.61. The summed E-state index contributed by atoms with van der Waals surface area (Å²) in [4.78, 5) is 29.3. The van der Waals surface area contributed by atoms with Gasteiger partial charge in [-0.05, 0) is 67.6 Å². The molecule has 1 N–H and O–H groups in total. The van der Waals surface area contributed by atoms with Gasteiger partial charge in [-0.3, -0.25) is 13.9 Å². The molecule has 1 aliphatic rings. The highest BCUT2D eigenvalue weighted by atomic mass is 32.2. The van der Waals surface area contributed by atoms with Crippen LogP contribution in [0.3, 0.4) is 0 Å². The zero-order valence-corrected chi connectivity index (χ0v) is 25.3. The Morgan fingerprint density at radius 3 is 2.12 bits per heavy atom. The fraction of sp³-hybridized carbons (Fsp3) is 0.394. The van der Waals surface area contributed by atoms with E-state index in [4.69, 9.17) is 4.74 Å². The number of nitrogens with one attached hydrogen (secondary N) is 1. The van der Waals surface area contributed by atoms with Crippen molar-refractivity contribution in [3.63, 3.8) is 0 Å². The number of rotatable bonds is 13. The Labute approximate surface area is 249 Å². The number of sulfonamides is 1. The summed E-state index contributed by atoms with van der Waals surface area (Å²) in [6.45, 7) is 1.72. The Morgan fingerprint density at radius 2 is 1.52 bits per heavy atom. The molecule has 3 aromatic carbocycles. The van der Waals surface area contributed by atoms with Crippen LogP contribution in [-0.2, 0) is 26.0 Å². The molecule has 224 valence electrons. The molecular formula is C33H41N3O5S. The predicted octanol–water partition coefficient (Wildman–Crippen LogP) is 5.19. The molecule has 2 amide bonds. The van der Waals surface area contributed by atoms with Crippen molar-refractivity contribution >= 4 is 27.5 Å². The molecular weight excluding hydrogens is 550 g/mol. The van der Waals surface area contributed by atoms with Crippen molar-refractivity contribution in [2.45, 2.75) is 68.8 Å². The average Bonchev–Trinajstić information content (AvgIpc) is 3.03. The largest absolute Gasteiger partial charge is 0.497 e. The maximum atomic E-state index is 14.1. The van der Waals surface area contributed by atoms with Gasteiger partial charge in [-0.25, -0.2) is 8.42 Å². The van der Waals surface area contributed by atoms with Gasteiger partial charge in [-0.1, -0.05) is 74.7 Å². The molecule has 8 nitrogen and oxygen atoms in total. The van der Waals surface area contributed by atoms with Crippen LogP contribution in [-0.4, -0.2) is 57.4 Å². The first-order chi connectivity index (χ1) is 20.3. The van der Waals surface area contributed by atoms with Crippen molar-refractivity contribution in [1.29, 1.82) is 0 Å². The second-order valence-electron chi connectivity index (χ2n) is 10.6. The van der Waals surface area contributed by atoms with E-state index in [-0.39, 0.29) is 23.4 Å². The fourth-order valence-corrected chi connectivity index (χ4v) is 6.85. The maximum absolute atomic E-state index is 14.1. The third-order valence-electron chi connectivity index (χ3n) is 7.79. The number of ether oxygens (including phenoxy) is 1. The Morgan fingerprint density at radius 1 is 0.905 bits per heavy atom. The third-order valence-corrected chi connectivity index (χ3v) is 9.58. The Hall–Kier alpha value is -3.85. The number of hydrogen-bond acceptors (Lipinski definition) is 5. The first-order valence-electron chi connectivity index (χ1n) is 14.7. The van der Waals surface area contributed by atoms with Crippen LogP contribution in [0.1, 0.15) is 51.0 Å². The summed E-state index contributed by atoms with van der Waals surface area (Å²) >= 11 is 0. The summed E-state index contributed by atoms with van der Waals surface area (Å²) in [6.07, 6.45) is 6.14. The minimum Gasteiger partial charge on any atom is -0.497 e. The quantitative estimate of drug-likeness (QED) is 0.295. The van der Waals surface area contributed by atoms with Gasteiger partial charge in [0.2, 0.25) is 11.8 Å². The highest BCUT2D eigenvalue weighted by Crippen LogP contribution is 2.26. The zero-order valence-electron chi connectivity index (χ0n) is 24.4. The molecule has 9 heteroatoms. The predicted molar refractivity (Wildman–Crippen MR) is 165 cm³/mol. The van der Waals surface area contributed by atoms with E-state index in [1.54, 1.807) is 47.4 Å². The lowest BCUT2D eigenvalue weighted by molar-refractivity contribution is -0.140. The van der Waals surface area contributed by atoms with E-state index < -0.39 is 28.5 Å². The van der Waals surface area contributed by atoms with Gasteiger partial charge < -0.3 is 15.0 Å². The molecule has 0 radical (unpaired) electrons. The number of carbonyl (C=O) groups excluding carboxylic acids is 2. The molecule has 0 saturated heterocycles. The third kappa shape index (κ3) is 7.91. The molecule has 3 aromatic rings. The number of anilines is 1. The van der Waals surface area contributed by atoms with Crippen LogP contribution in [0.25, 0.3) is 0 Å². The number of carbonyl (C=O) groups is 2. The van der Waals surface area contributed by atoms with Gasteiger partial charge in [0.05, 0.1) is 17.7 Å². The molecule has 0 aliphatic heterocycles. The van der Waals surface area contributed by atoms with Gasteiger partial charge in [0.25, 0.3) is 10.0 Å². The van der Waals surface area contributed by atoms with Crippen LogP contribution in [0, 0.1) is 0 Å². The summed E-state index contributed by atoms with van der Waals surface area (Å²) < 4.78 is 34.2. The van der Waals surface area contributed by atoms with Crippen molar-refractivity contribution in [1.82, 2.24) is 10.2 Å². The van der Waals surface area contributed by atoms with E-state index in [0.717, 1.165) is 35.6 Å². The Kier molecular flexibility index (Phi) is 11.0. The number of nitrogens with zero attached hydrogens (tertiary/aromatic N) is 2. The SMILES string of the molecule is CC[C@@H](C(=O)NC1CCCCC1)N(CCc1ccccc1)C(=O)CN(c1ccccc1)S(=O)(=O)c1ccc(OC)cc1. The highest BCUT2D eigenvalue weighted by molar-refractivity contribution is 7.92. The second-order valence-corrected chi connectivity index (χ2v) is 12.5.